The van der Waals surface area contributed by atoms with Crippen LogP contribution >= 0.6 is 11.3 Å². The number of rotatable bonds is 7. The lowest BCUT2D eigenvalue weighted by molar-refractivity contribution is 1.18. The molecule has 9 aromatic rings. The minimum Gasteiger partial charge on any atom is -0.309 e. The van der Waals surface area contributed by atoms with Gasteiger partial charge < -0.3 is 9.13 Å². The number of hydrogen-bond acceptors (Lipinski definition) is 1. The van der Waals surface area contributed by atoms with E-state index in [0.717, 1.165) is 33.5 Å². The first kappa shape index (κ1) is 29.0. The summed E-state index contributed by atoms with van der Waals surface area (Å²) in [6.45, 7) is 16.8. The smallest absolute Gasteiger partial charge is 0.0633 e. The predicted octanol–water partition coefficient (Wildman–Crippen LogP) is 13.4. The Labute approximate surface area is 288 Å². The van der Waals surface area contributed by atoms with Crippen LogP contribution in [-0.4, -0.2) is 9.13 Å². The van der Waals surface area contributed by atoms with Crippen molar-refractivity contribution in [2.24, 2.45) is 0 Å². The van der Waals surface area contributed by atoms with Crippen LogP contribution < -0.4 is 0 Å². The summed E-state index contributed by atoms with van der Waals surface area (Å²) in [4.78, 5) is 0. The quantitative estimate of drug-likeness (QED) is 0.153. The van der Waals surface area contributed by atoms with Gasteiger partial charge in [0.25, 0.3) is 0 Å². The van der Waals surface area contributed by atoms with Gasteiger partial charge >= 0.3 is 0 Å². The van der Waals surface area contributed by atoms with Crippen molar-refractivity contribution in [3.63, 3.8) is 0 Å². The van der Waals surface area contributed by atoms with Gasteiger partial charge in [0, 0.05) is 58.7 Å². The van der Waals surface area contributed by atoms with E-state index in [0.29, 0.717) is 0 Å². The lowest BCUT2D eigenvalue weighted by atomic mass is 9.96. The fourth-order valence-corrected chi connectivity index (χ4v) is 9.22. The number of thiophene rings is 1. The van der Waals surface area contributed by atoms with Crippen LogP contribution in [0.2, 0.25) is 0 Å². The molecular weight excluding hydrogens is 613 g/mol. The van der Waals surface area contributed by atoms with Crippen molar-refractivity contribution in [3.8, 4) is 16.8 Å². The van der Waals surface area contributed by atoms with Crippen LogP contribution in [0.1, 0.15) is 11.1 Å². The molecule has 0 aliphatic carbocycles. The molecule has 49 heavy (non-hydrogen) atoms. The van der Waals surface area contributed by atoms with Crippen molar-refractivity contribution in [2.45, 2.75) is 0 Å². The number of para-hydroxylation sites is 2. The molecule has 0 saturated heterocycles. The second-order valence-electron chi connectivity index (χ2n) is 12.3. The maximum Gasteiger partial charge on any atom is 0.0633 e. The van der Waals surface area contributed by atoms with E-state index in [1.807, 2.05) is 41.7 Å². The second-order valence-corrected chi connectivity index (χ2v) is 13.3. The fraction of sp³-hybridized carbons (Fsp3) is 0. The normalized spacial score (nSPS) is 12.1. The van der Waals surface area contributed by atoms with Crippen molar-refractivity contribution in [1.29, 1.82) is 0 Å². The van der Waals surface area contributed by atoms with Gasteiger partial charge in [-0.25, -0.2) is 0 Å². The largest absolute Gasteiger partial charge is 0.309 e. The van der Waals surface area contributed by atoms with Crippen LogP contribution in [0.3, 0.4) is 0 Å². The van der Waals surface area contributed by atoms with Crippen LogP contribution in [0, 0.1) is 0 Å². The molecule has 0 N–H and O–H groups in total. The molecule has 0 saturated carbocycles. The molecule has 0 radical (unpaired) electrons. The molecule has 0 fully saturated rings. The average Bonchev–Trinajstić information content (AvgIpc) is 3.82. The first-order valence-electron chi connectivity index (χ1n) is 16.4. The molecule has 6 aromatic carbocycles. The zero-order valence-corrected chi connectivity index (χ0v) is 27.8. The number of hydrogen-bond donors (Lipinski definition) is 0. The maximum absolute atomic E-state index is 4.35. The minimum atomic E-state index is 0.962. The van der Waals surface area contributed by atoms with Gasteiger partial charge in [0.2, 0.25) is 0 Å². The lowest BCUT2D eigenvalue weighted by Gasteiger charge is -2.13. The molecule has 9 rings (SSSR count). The Balaban J connectivity index is 1.43. The monoisotopic (exact) mass is 644 g/mol. The van der Waals surface area contributed by atoms with Crippen molar-refractivity contribution in [3.05, 3.63) is 171 Å². The summed E-state index contributed by atoms with van der Waals surface area (Å²) >= 11 is 1.88. The van der Waals surface area contributed by atoms with E-state index >= 15 is 0 Å². The molecule has 0 bridgehead atoms. The van der Waals surface area contributed by atoms with Crippen LogP contribution in [0.25, 0.3) is 98.4 Å². The summed E-state index contributed by atoms with van der Waals surface area (Å²) in [6, 6.07) is 41.5. The first-order valence-corrected chi connectivity index (χ1v) is 17.2. The number of fused-ring (bicyclic) bond motifs is 11. The Morgan fingerprint density at radius 1 is 0.531 bits per heavy atom. The van der Waals surface area contributed by atoms with Gasteiger partial charge in [0.15, 0.2) is 0 Å². The van der Waals surface area contributed by atoms with E-state index in [4.69, 9.17) is 0 Å². The molecule has 3 heterocycles. The van der Waals surface area contributed by atoms with Crippen molar-refractivity contribution < 1.29 is 0 Å². The predicted molar refractivity (Wildman–Crippen MR) is 217 cm³/mol. The lowest BCUT2D eigenvalue weighted by Crippen LogP contribution is -1.97. The van der Waals surface area contributed by atoms with Crippen molar-refractivity contribution in [1.82, 2.24) is 9.13 Å². The minimum absolute atomic E-state index is 0.962. The molecule has 0 atom stereocenters. The summed E-state index contributed by atoms with van der Waals surface area (Å²) in [5.74, 6) is 0. The Kier molecular flexibility index (Phi) is 6.65. The third-order valence-corrected chi connectivity index (χ3v) is 11.0. The number of aromatic nitrogens is 2. The number of benzene rings is 6. The maximum atomic E-state index is 4.35. The molecule has 0 aliphatic heterocycles. The summed E-state index contributed by atoms with van der Waals surface area (Å²) in [5, 5.41) is 7.38. The zero-order chi connectivity index (χ0) is 33.2. The van der Waals surface area contributed by atoms with Gasteiger partial charge in [0.1, 0.15) is 0 Å². The van der Waals surface area contributed by atoms with Gasteiger partial charge in [0.05, 0.1) is 22.1 Å². The molecular formula is C46H32N2S. The second kappa shape index (κ2) is 11.2. The van der Waals surface area contributed by atoms with Crippen molar-refractivity contribution >= 4 is 93.0 Å². The van der Waals surface area contributed by atoms with E-state index in [1.54, 1.807) is 0 Å². The van der Waals surface area contributed by atoms with Gasteiger partial charge in [-0.3, -0.25) is 0 Å². The highest BCUT2D eigenvalue weighted by Crippen LogP contribution is 2.50. The topological polar surface area (TPSA) is 9.86 Å². The number of allylic oxidation sites excluding steroid dienone is 4. The molecule has 232 valence electrons. The summed E-state index contributed by atoms with van der Waals surface area (Å²) in [6.07, 6.45) is 9.71. The fourth-order valence-electron chi connectivity index (χ4n) is 7.79. The highest BCUT2D eigenvalue weighted by molar-refractivity contribution is 7.27. The molecule has 0 amide bonds. The van der Waals surface area contributed by atoms with Gasteiger partial charge in [-0.05, 0) is 59.2 Å². The molecule has 3 heteroatoms. The molecule has 0 aliphatic rings. The number of nitrogens with zero attached hydrogens (tertiary/aromatic N) is 2. The van der Waals surface area contributed by atoms with Crippen LogP contribution in [0.15, 0.2) is 160 Å². The summed E-state index contributed by atoms with van der Waals surface area (Å²) in [5.41, 5.74) is 11.3. The summed E-state index contributed by atoms with van der Waals surface area (Å²) in [7, 11) is 0. The van der Waals surface area contributed by atoms with Gasteiger partial charge in [-0.1, -0.05) is 129 Å². The molecule has 0 spiro atoms. The third-order valence-electron chi connectivity index (χ3n) is 9.80. The standard InChI is InChI=1S/C46H32N2S/c1-5-16-31(6-2)48-39-22-15-13-20-36(39)43-44(48)34(8-4)33(7-3)41-37-27-28-40-42(45(37)49-46(41)43)35-19-12-14-21-38(35)47(40)32-25-23-30(24-26-32)29-17-10-9-11-18-29/h5-28H,1-4H2/b31-16+. The van der Waals surface area contributed by atoms with E-state index in [9.17, 15) is 0 Å². The van der Waals surface area contributed by atoms with Crippen molar-refractivity contribution in [2.75, 3.05) is 0 Å². The van der Waals surface area contributed by atoms with E-state index < -0.39 is 0 Å². The average molecular weight is 645 g/mol. The Bertz CT molecular complexity index is 2870. The Morgan fingerprint density at radius 3 is 1.88 bits per heavy atom. The van der Waals surface area contributed by atoms with E-state index in [2.05, 4.69) is 151 Å². The van der Waals surface area contributed by atoms with Crippen LogP contribution in [0.5, 0.6) is 0 Å². The van der Waals surface area contributed by atoms with E-state index in [1.165, 1.54) is 63.9 Å². The van der Waals surface area contributed by atoms with Crippen LogP contribution in [0.4, 0.5) is 0 Å². The van der Waals surface area contributed by atoms with Gasteiger partial charge in [-0.2, -0.15) is 0 Å². The highest BCUT2D eigenvalue weighted by Gasteiger charge is 2.25. The SMILES string of the molecule is C=C/C=C(\C=C)n1c2ccccc2c2c3sc4c(ccc5c4c4ccccc4n5-c4ccc(-c5ccccc5)cc4)c3c(C=C)c(C=C)c21. The summed E-state index contributed by atoms with van der Waals surface area (Å²) < 4.78 is 7.23. The third kappa shape index (κ3) is 4.06. The highest BCUT2D eigenvalue weighted by atomic mass is 32.1. The molecule has 3 aromatic heterocycles. The van der Waals surface area contributed by atoms with E-state index in [-0.39, 0.29) is 0 Å². The molecule has 0 unspecified atom stereocenters. The van der Waals surface area contributed by atoms with Gasteiger partial charge in [-0.15, -0.1) is 11.3 Å². The zero-order valence-electron chi connectivity index (χ0n) is 27.0. The Hall–Kier alpha value is -6.16. The first-order chi connectivity index (χ1) is 24.2. The Morgan fingerprint density at radius 2 is 1.18 bits per heavy atom. The van der Waals surface area contributed by atoms with Crippen LogP contribution in [-0.2, 0) is 0 Å². The molecule has 2 nitrogen and oxygen atoms in total.